The van der Waals surface area contributed by atoms with Crippen molar-refractivity contribution in [1.29, 1.82) is 0 Å². The van der Waals surface area contributed by atoms with Gasteiger partial charge in [-0.05, 0) is 112 Å². The van der Waals surface area contributed by atoms with E-state index >= 15 is 4.39 Å². The third-order valence-corrected chi connectivity index (χ3v) is 13.4. The van der Waals surface area contributed by atoms with Gasteiger partial charge >= 0.3 is 15.5 Å². The number of likely N-dealkylation sites (tertiary alicyclic amines) is 2. The molecule has 3 aromatic carbocycles. The van der Waals surface area contributed by atoms with Crippen molar-refractivity contribution in [2.45, 2.75) is 80.9 Å². The van der Waals surface area contributed by atoms with Crippen molar-refractivity contribution in [3.8, 4) is 0 Å². The summed E-state index contributed by atoms with van der Waals surface area (Å²) < 4.78 is 94.7. The number of halogens is 5. The lowest BCUT2D eigenvalue weighted by molar-refractivity contribution is -0.190. The SMILES string of the molecule is Cc1nc2ccccc2n1C1CC2N(CCC3(c4cccc(F)c4)CCN(C(=O)c4ccc(NS(=O)(=O)C(F)(F)F)cc4F)CC3)C3CCC32C1. The van der Waals surface area contributed by atoms with Crippen LogP contribution in [0.5, 0.6) is 0 Å². The van der Waals surface area contributed by atoms with Crippen molar-refractivity contribution in [2.75, 3.05) is 24.4 Å². The predicted molar refractivity (Wildman–Crippen MR) is 182 cm³/mol. The van der Waals surface area contributed by atoms with Crippen molar-refractivity contribution in [3.63, 3.8) is 0 Å². The number of amides is 1. The summed E-state index contributed by atoms with van der Waals surface area (Å²) in [6.07, 6.45) is 6.37. The van der Waals surface area contributed by atoms with E-state index in [2.05, 4.69) is 34.6 Å². The molecule has 51 heavy (non-hydrogen) atoms. The number of imidazole rings is 1. The van der Waals surface area contributed by atoms with E-state index in [4.69, 9.17) is 4.98 Å². The fourth-order valence-electron chi connectivity index (χ4n) is 9.77. The van der Waals surface area contributed by atoms with E-state index in [-0.39, 0.29) is 24.5 Å². The van der Waals surface area contributed by atoms with Gasteiger partial charge in [-0.25, -0.2) is 13.8 Å². The van der Waals surface area contributed by atoms with Gasteiger partial charge in [-0.3, -0.25) is 14.4 Å². The monoisotopic (exact) mass is 727 g/mol. The average molecular weight is 728 g/mol. The Bertz CT molecular complexity index is 2130. The van der Waals surface area contributed by atoms with Crippen molar-refractivity contribution in [1.82, 2.24) is 19.4 Å². The van der Waals surface area contributed by atoms with E-state index in [9.17, 15) is 30.8 Å². The highest BCUT2D eigenvalue weighted by atomic mass is 32.2. The standard InChI is InChI=1S/C37H38F5N5O3S/c1-23-43-30-7-2-3-8-31(30)47(23)27-21-33-36(22-27)12-11-32(36)46(33)18-15-35(24-5-4-6-25(38)19-24)13-16-45(17-14-35)34(48)28-10-9-26(20-29(28)39)44-51(49,50)37(40,41)42/h2-10,19-20,27,32-33,44H,11-18,21-22H2,1H3. The Kier molecular flexibility index (Phi) is 8.02. The Morgan fingerprint density at radius 2 is 1.75 bits per heavy atom. The molecule has 2 saturated heterocycles. The first-order valence-corrected chi connectivity index (χ1v) is 18.8. The molecule has 2 saturated carbocycles. The van der Waals surface area contributed by atoms with Crippen LogP contribution < -0.4 is 4.72 Å². The lowest BCUT2D eigenvalue weighted by Gasteiger charge is -2.69. The third kappa shape index (κ3) is 5.51. The van der Waals surface area contributed by atoms with Gasteiger partial charge in [0.15, 0.2) is 0 Å². The number of carbonyl (C=O) groups is 1. The largest absolute Gasteiger partial charge is 0.516 e. The maximum atomic E-state index is 15.0. The summed E-state index contributed by atoms with van der Waals surface area (Å²) in [5.41, 5.74) is -3.64. The van der Waals surface area contributed by atoms with E-state index in [1.165, 1.54) is 27.6 Å². The van der Waals surface area contributed by atoms with Crippen LogP contribution in [0, 0.1) is 24.0 Å². The van der Waals surface area contributed by atoms with E-state index < -0.39 is 38.4 Å². The molecule has 0 bridgehead atoms. The van der Waals surface area contributed by atoms with Crippen molar-refractivity contribution in [3.05, 3.63) is 95.3 Å². The van der Waals surface area contributed by atoms with E-state index in [0.29, 0.717) is 42.4 Å². The molecule has 4 fully saturated rings. The van der Waals surface area contributed by atoms with Crippen LogP contribution >= 0.6 is 0 Å². The number of nitrogens with zero attached hydrogens (tertiary/aromatic N) is 4. The number of anilines is 1. The molecule has 4 atom stereocenters. The summed E-state index contributed by atoms with van der Waals surface area (Å²) in [5.74, 6) is -1.08. The Hall–Kier alpha value is -4.04. The molecule has 1 spiro atoms. The summed E-state index contributed by atoms with van der Waals surface area (Å²) in [4.78, 5) is 22.4. The fourth-order valence-corrected chi connectivity index (χ4v) is 10.3. The number of benzene rings is 3. The number of piperidine rings is 2. The van der Waals surface area contributed by atoms with Gasteiger partial charge in [0.05, 0.1) is 22.3 Å². The maximum Gasteiger partial charge on any atom is 0.516 e. The molecule has 270 valence electrons. The maximum absolute atomic E-state index is 15.0. The molecule has 4 aromatic rings. The van der Waals surface area contributed by atoms with E-state index in [0.717, 1.165) is 61.3 Å². The number of fused-ring (bicyclic) bond motifs is 1. The quantitative estimate of drug-likeness (QED) is 0.193. The summed E-state index contributed by atoms with van der Waals surface area (Å²) in [6, 6.07) is 18.7. The minimum atomic E-state index is -5.75. The number of aryl methyl sites for hydroxylation is 1. The number of aromatic nitrogens is 2. The Morgan fingerprint density at radius 3 is 2.43 bits per heavy atom. The molecule has 8 rings (SSSR count). The fraction of sp³-hybridized carbons (Fsp3) is 0.459. The van der Waals surface area contributed by atoms with Crippen LogP contribution in [-0.4, -0.2) is 70.9 Å². The number of sulfonamides is 1. The second-order valence-corrected chi connectivity index (χ2v) is 16.4. The number of carbonyl (C=O) groups excluding carboxylic acids is 1. The highest BCUT2D eigenvalue weighted by Crippen LogP contribution is 2.68. The van der Waals surface area contributed by atoms with Gasteiger partial charge in [-0.15, -0.1) is 0 Å². The highest BCUT2D eigenvalue weighted by Gasteiger charge is 2.69. The molecule has 14 heteroatoms. The van der Waals surface area contributed by atoms with Gasteiger partial charge < -0.3 is 9.47 Å². The van der Waals surface area contributed by atoms with Crippen LogP contribution in [-0.2, 0) is 15.4 Å². The Balaban J connectivity index is 0.974. The van der Waals surface area contributed by atoms with Gasteiger partial charge in [0.1, 0.15) is 17.5 Å². The van der Waals surface area contributed by atoms with Crippen molar-refractivity contribution in [2.24, 2.45) is 5.41 Å². The number of nitrogens with one attached hydrogen (secondary N) is 1. The molecule has 8 nitrogen and oxygen atoms in total. The summed E-state index contributed by atoms with van der Waals surface area (Å²) in [5, 5.41) is 0. The molecular weight excluding hydrogens is 689 g/mol. The molecule has 0 radical (unpaired) electrons. The number of hydrogen-bond donors (Lipinski definition) is 1. The molecule has 4 unspecified atom stereocenters. The molecule has 2 aliphatic carbocycles. The molecule has 1 aromatic heterocycles. The lowest BCUT2D eigenvalue weighted by atomic mass is 9.53. The average Bonchev–Trinajstić information content (AvgIpc) is 3.62. The zero-order valence-electron chi connectivity index (χ0n) is 28.0. The second kappa shape index (κ2) is 12.0. The number of para-hydroxylation sites is 2. The molecule has 3 heterocycles. The summed E-state index contributed by atoms with van der Waals surface area (Å²) in [6.45, 7) is 3.45. The van der Waals surface area contributed by atoms with E-state index in [1.54, 1.807) is 12.1 Å². The molecule has 1 N–H and O–H groups in total. The van der Waals surface area contributed by atoms with Crippen LogP contribution in [0.2, 0.25) is 0 Å². The van der Waals surface area contributed by atoms with Crippen LogP contribution in [0.15, 0.2) is 66.7 Å². The minimum absolute atomic E-state index is 0.267. The van der Waals surface area contributed by atoms with Gasteiger partial charge in [0.2, 0.25) is 0 Å². The topological polar surface area (TPSA) is 87.5 Å². The second-order valence-electron chi connectivity index (χ2n) is 14.7. The molecule has 2 aliphatic heterocycles. The van der Waals surface area contributed by atoms with E-state index in [1.807, 2.05) is 12.1 Å². The number of alkyl halides is 3. The normalized spacial score (nSPS) is 25.9. The molecule has 4 aliphatic rings. The summed E-state index contributed by atoms with van der Waals surface area (Å²) >= 11 is 0. The lowest BCUT2D eigenvalue weighted by Crippen LogP contribution is -2.74. The Morgan fingerprint density at radius 1 is 0.980 bits per heavy atom. The van der Waals surface area contributed by atoms with Gasteiger partial charge in [-0.1, -0.05) is 24.3 Å². The first-order valence-electron chi connectivity index (χ1n) is 17.3. The first-order chi connectivity index (χ1) is 24.2. The first kappa shape index (κ1) is 34.1. The van der Waals surface area contributed by atoms with Gasteiger partial charge in [-0.2, -0.15) is 21.6 Å². The van der Waals surface area contributed by atoms with Crippen molar-refractivity contribution >= 4 is 32.7 Å². The van der Waals surface area contributed by atoms with Crippen LogP contribution in [0.4, 0.5) is 27.6 Å². The zero-order valence-corrected chi connectivity index (χ0v) is 28.8. The molecular formula is C37H38F5N5O3S. The predicted octanol–water partition coefficient (Wildman–Crippen LogP) is 7.32. The third-order valence-electron chi connectivity index (χ3n) is 12.3. The summed E-state index contributed by atoms with van der Waals surface area (Å²) in [7, 11) is -5.75. The molecule has 1 amide bonds. The number of rotatable bonds is 8. The van der Waals surface area contributed by atoms with Crippen molar-refractivity contribution < 1.29 is 35.2 Å². The van der Waals surface area contributed by atoms with Crippen LogP contribution in [0.3, 0.4) is 0 Å². The van der Waals surface area contributed by atoms with Crippen LogP contribution in [0.25, 0.3) is 11.0 Å². The number of hydrogen-bond acceptors (Lipinski definition) is 5. The van der Waals surface area contributed by atoms with Gasteiger partial charge in [0, 0.05) is 36.6 Å². The Labute approximate surface area is 292 Å². The highest BCUT2D eigenvalue weighted by molar-refractivity contribution is 7.93. The van der Waals surface area contributed by atoms with Gasteiger partial charge in [0.25, 0.3) is 5.91 Å². The minimum Gasteiger partial charge on any atom is -0.338 e. The smallest absolute Gasteiger partial charge is 0.338 e. The van der Waals surface area contributed by atoms with Crippen LogP contribution in [0.1, 0.15) is 72.7 Å². The zero-order chi connectivity index (χ0) is 35.9.